The van der Waals surface area contributed by atoms with E-state index in [0.717, 1.165) is 11.4 Å². The van der Waals surface area contributed by atoms with Crippen molar-refractivity contribution in [2.45, 2.75) is 58.5 Å². The minimum atomic E-state index is -0.111. The van der Waals surface area contributed by atoms with E-state index >= 15 is 0 Å². The number of hydrogen-bond donors (Lipinski definition) is 2. The largest absolute Gasteiger partial charge is 0.348 e. The normalized spacial score (nSPS) is 24.6. The van der Waals surface area contributed by atoms with E-state index in [1.807, 2.05) is 6.92 Å². The molecule has 3 unspecified atom stereocenters. The average molecular weight is 295 g/mol. The lowest BCUT2D eigenvalue weighted by atomic mass is 9.78. The summed E-state index contributed by atoms with van der Waals surface area (Å²) in [6.07, 6.45) is 4.78. The van der Waals surface area contributed by atoms with Gasteiger partial charge in [-0.05, 0) is 31.6 Å². The minimum Gasteiger partial charge on any atom is -0.348 e. The number of nitrogens with zero attached hydrogens (tertiary/aromatic N) is 1. The molecule has 1 aliphatic carbocycles. The molecule has 4 nitrogen and oxygen atoms in total. The van der Waals surface area contributed by atoms with Crippen molar-refractivity contribution in [1.29, 1.82) is 0 Å². The Morgan fingerprint density at radius 1 is 1.40 bits per heavy atom. The Kier molecular flexibility index (Phi) is 5.16. The van der Waals surface area contributed by atoms with Crippen molar-refractivity contribution in [2.75, 3.05) is 0 Å². The fourth-order valence-electron chi connectivity index (χ4n) is 2.98. The number of nitrogens with two attached hydrogens (primary N) is 1. The van der Waals surface area contributed by atoms with Gasteiger partial charge in [0.1, 0.15) is 10.7 Å². The molecule has 1 aromatic rings. The van der Waals surface area contributed by atoms with Gasteiger partial charge in [-0.1, -0.05) is 26.7 Å². The maximum absolute atomic E-state index is 12.3. The molecule has 5 heteroatoms. The van der Waals surface area contributed by atoms with Gasteiger partial charge < -0.3 is 11.1 Å². The third-order valence-electron chi connectivity index (χ3n) is 4.14. The molecule has 0 radical (unpaired) electrons. The third kappa shape index (κ3) is 3.58. The second-order valence-electron chi connectivity index (χ2n) is 6.13. The first-order chi connectivity index (χ1) is 9.49. The molecule has 3 N–H and O–H groups in total. The van der Waals surface area contributed by atoms with Crippen LogP contribution in [0.1, 0.15) is 68.0 Å². The van der Waals surface area contributed by atoms with Crippen LogP contribution in [0.4, 0.5) is 0 Å². The number of rotatable bonds is 4. The van der Waals surface area contributed by atoms with E-state index in [9.17, 15) is 4.79 Å². The Labute approximate surface area is 125 Å². The molecule has 0 aromatic carbocycles. The highest BCUT2D eigenvalue weighted by Crippen LogP contribution is 2.30. The lowest BCUT2D eigenvalue weighted by Gasteiger charge is -2.34. The zero-order valence-electron chi connectivity index (χ0n) is 12.6. The Hall–Kier alpha value is -0.940. The van der Waals surface area contributed by atoms with Crippen LogP contribution in [0.25, 0.3) is 0 Å². The lowest BCUT2D eigenvalue weighted by Crippen LogP contribution is -2.44. The molecule has 1 amide bonds. The fourth-order valence-corrected chi connectivity index (χ4v) is 3.74. The Morgan fingerprint density at radius 3 is 2.70 bits per heavy atom. The molecule has 3 atom stereocenters. The van der Waals surface area contributed by atoms with E-state index < -0.39 is 0 Å². The topological polar surface area (TPSA) is 68.0 Å². The molecule has 2 rings (SSSR count). The summed E-state index contributed by atoms with van der Waals surface area (Å²) in [5.41, 5.74) is 6.30. The number of hydrogen-bond acceptors (Lipinski definition) is 4. The van der Waals surface area contributed by atoms with Crippen LogP contribution in [-0.4, -0.2) is 16.9 Å². The maximum Gasteiger partial charge on any atom is 0.270 e. The Bertz CT molecular complexity index is 456. The molecular weight excluding hydrogens is 270 g/mol. The van der Waals surface area contributed by atoms with Crippen LogP contribution in [-0.2, 0) is 0 Å². The molecule has 112 valence electrons. The van der Waals surface area contributed by atoms with Gasteiger partial charge in [-0.2, -0.15) is 0 Å². The van der Waals surface area contributed by atoms with Crippen LogP contribution < -0.4 is 11.1 Å². The molecular formula is C15H25N3OS. The van der Waals surface area contributed by atoms with E-state index in [-0.39, 0.29) is 18.0 Å². The van der Waals surface area contributed by atoms with E-state index in [1.54, 1.807) is 5.38 Å². The summed E-state index contributed by atoms with van der Waals surface area (Å²) in [6.45, 7) is 6.37. The standard InChI is InChI=1S/C15H25N3OS/c1-9(2)11-6-4-5-7-12(11)17-14(19)13-8-20-15(18-13)10(3)16/h8-12H,4-7,16H2,1-3H3,(H,17,19). The third-order valence-corrected chi connectivity index (χ3v) is 5.18. The van der Waals surface area contributed by atoms with E-state index in [2.05, 4.69) is 24.1 Å². The highest BCUT2D eigenvalue weighted by atomic mass is 32.1. The van der Waals surface area contributed by atoms with Gasteiger partial charge in [0.05, 0.1) is 6.04 Å². The van der Waals surface area contributed by atoms with Gasteiger partial charge in [-0.3, -0.25) is 4.79 Å². The first-order valence-corrected chi connectivity index (χ1v) is 8.39. The summed E-state index contributed by atoms with van der Waals surface area (Å²) in [7, 11) is 0. The van der Waals surface area contributed by atoms with Gasteiger partial charge >= 0.3 is 0 Å². The first kappa shape index (κ1) is 15.4. The van der Waals surface area contributed by atoms with Crippen molar-refractivity contribution in [3.63, 3.8) is 0 Å². The van der Waals surface area contributed by atoms with Crippen molar-refractivity contribution in [2.24, 2.45) is 17.6 Å². The predicted octanol–water partition coefficient (Wildman–Crippen LogP) is 3.11. The van der Waals surface area contributed by atoms with Crippen molar-refractivity contribution >= 4 is 17.2 Å². The highest BCUT2D eigenvalue weighted by Gasteiger charge is 2.29. The summed E-state index contributed by atoms with van der Waals surface area (Å²) in [4.78, 5) is 16.6. The summed E-state index contributed by atoms with van der Waals surface area (Å²) in [6, 6.07) is 0.177. The molecule has 1 heterocycles. The number of nitrogens with one attached hydrogen (secondary N) is 1. The zero-order chi connectivity index (χ0) is 14.7. The van der Waals surface area contributed by atoms with Crippen LogP contribution in [0, 0.1) is 11.8 Å². The monoisotopic (exact) mass is 295 g/mol. The highest BCUT2D eigenvalue weighted by molar-refractivity contribution is 7.09. The van der Waals surface area contributed by atoms with Gasteiger partial charge in [0, 0.05) is 11.4 Å². The molecule has 0 bridgehead atoms. The molecule has 1 aromatic heterocycles. The van der Waals surface area contributed by atoms with E-state index in [0.29, 0.717) is 17.5 Å². The first-order valence-electron chi connectivity index (χ1n) is 7.51. The average Bonchev–Trinajstić information content (AvgIpc) is 2.89. The number of carbonyl (C=O) groups excluding carboxylic acids is 1. The molecule has 0 aliphatic heterocycles. The molecule has 0 saturated heterocycles. The SMILES string of the molecule is CC(N)c1nc(C(=O)NC2CCCCC2C(C)C)cs1. The summed E-state index contributed by atoms with van der Waals surface area (Å²) >= 11 is 1.46. The Balaban J connectivity index is 2.01. The molecule has 1 saturated carbocycles. The van der Waals surface area contributed by atoms with Crippen molar-refractivity contribution in [3.05, 3.63) is 16.1 Å². The number of thiazole rings is 1. The summed E-state index contributed by atoms with van der Waals surface area (Å²) < 4.78 is 0. The molecule has 1 aliphatic rings. The second-order valence-corrected chi connectivity index (χ2v) is 7.02. The molecule has 1 fully saturated rings. The smallest absolute Gasteiger partial charge is 0.270 e. The minimum absolute atomic E-state index is 0.0503. The lowest BCUT2D eigenvalue weighted by molar-refractivity contribution is 0.0884. The van der Waals surface area contributed by atoms with E-state index in [4.69, 9.17) is 5.73 Å². The van der Waals surface area contributed by atoms with E-state index in [1.165, 1.54) is 30.6 Å². The van der Waals surface area contributed by atoms with Crippen LogP contribution in [0.5, 0.6) is 0 Å². The van der Waals surface area contributed by atoms with Gasteiger partial charge in [0.15, 0.2) is 0 Å². The fraction of sp³-hybridized carbons (Fsp3) is 0.733. The Morgan fingerprint density at radius 2 is 2.10 bits per heavy atom. The van der Waals surface area contributed by atoms with Crippen molar-refractivity contribution in [1.82, 2.24) is 10.3 Å². The van der Waals surface area contributed by atoms with Crippen molar-refractivity contribution in [3.8, 4) is 0 Å². The number of carbonyl (C=O) groups is 1. The van der Waals surface area contributed by atoms with Gasteiger partial charge in [0.2, 0.25) is 0 Å². The van der Waals surface area contributed by atoms with Crippen LogP contribution >= 0.6 is 11.3 Å². The summed E-state index contributed by atoms with van der Waals surface area (Å²) in [5, 5.41) is 5.81. The second kappa shape index (κ2) is 6.68. The van der Waals surface area contributed by atoms with Gasteiger partial charge in [-0.25, -0.2) is 4.98 Å². The van der Waals surface area contributed by atoms with Crippen molar-refractivity contribution < 1.29 is 4.79 Å². The number of aromatic nitrogens is 1. The molecule has 20 heavy (non-hydrogen) atoms. The van der Waals surface area contributed by atoms with Crippen LogP contribution in [0.15, 0.2) is 5.38 Å². The summed E-state index contributed by atoms with van der Waals surface area (Å²) in [5.74, 6) is 1.14. The number of amides is 1. The quantitative estimate of drug-likeness (QED) is 0.897. The molecule has 0 spiro atoms. The predicted molar refractivity (Wildman–Crippen MR) is 82.8 cm³/mol. The van der Waals surface area contributed by atoms with Crippen LogP contribution in [0.2, 0.25) is 0 Å². The van der Waals surface area contributed by atoms with Gasteiger partial charge in [-0.15, -0.1) is 11.3 Å². The zero-order valence-corrected chi connectivity index (χ0v) is 13.4. The maximum atomic E-state index is 12.3. The van der Waals surface area contributed by atoms with Crippen LogP contribution in [0.3, 0.4) is 0 Å². The van der Waals surface area contributed by atoms with Gasteiger partial charge in [0.25, 0.3) is 5.91 Å².